The molecule has 2 nitrogen and oxygen atoms in total. The summed E-state index contributed by atoms with van der Waals surface area (Å²) in [4.78, 5) is 2.11. The first-order chi connectivity index (χ1) is 11.9. The van der Waals surface area contributed by atoms with E-state index in [2.05, 4.69) is 35.2 Å². The zero-order chi connectivity index (χ0) is 18.0. The van der Waals surface area contributed by atoms with E-state index in [0.717, 1.165) is 26.8 Å². The number of fused-ring (bicyclic) bond motifs is 1. The van der Waals surface area contributed by atoms with Crippen molar-refractivity contribution in [3.63, 3.8) is 0 Å². The SMILES string of the molecule is [2H][Si@](OC(C)C)(c1ccccc1)c1cccc2cccc(N(C)C)c12. The highest BCUT2D eigenvalue weighted by Crippen LogP contribution is 2.24. The molecule has 0 heterocycles. The summed E-state index contributed by atoms with van der Waals surface area (Å²) in [6.07, 6.45) is -0.00820. The average Bonchev–Trinajstić information content (AvgIpc) is 2.60. The van der Waals surface area contributed by atoms with E-state index >= 15 is 0 Å². The van der Waals surface area contributed by atoms with Crippen molar-refractivity contribution in [1.29, 1.82) is 1.23 Å². The van der Waals surface area contributed by atoms with Crippen LogP contribution in [0, 0.1) is 0 Å². The first kappa shape index (κ1) is 15.4. The van der Waals surface area contributed by atoms with Crippen molar-refractivity contribution in [3.8, 4) is 0 Å². The molecule has 0 fully saturated rings. The lowest BCUT2D eigenvalue weighted by Gasteiger charge is -2.24. The van der Waals surface area contributed by atoms with Crippen molar-refractivity contribution in [3.05, 3.63) is 66.7 Å². The first-order valence-electron chi connectivity index (χ1n) is 8.86. The normalized spacial score (nSPS) is 14.5. The van der Waals surface area contributed by atoms with Gasteiger partial charge in [0.2, 0.25) is 8.97 Å². The van der Waals surface area contributed by atoms with Crippen LogP contribution in [0.15, 0.2) is 66.7 Å². The third kappa shape index (κ3) is 3.37. The van der Waals surface area contributed by atoms with E-state index in [9.17, 15) is 1.23 Å². The number of hydrogen-bond donors (Lipinski definition) is 0. The third-order valence-electron chi connectivity index (χ3n) is 4.00. The van der Waals surface area contributed by atoms with Gasteiger partial charge in [-0.1, -0.05) is 60.7 Å². The molecule has 24 heavy (non-hydrogen) atoms. The fourth-order valence-corrected chi connectivity index (χ4v) is 5.28. The number of rotatable bonds is 5. The summed E-state index contributed by atoms with van der Waals surface area (Å²) in [5.41, 5.74) is 1.13. The van der Waals surface area contributed by atoms with Crippen molar-refractivity contribution in [2.45, 2.75) is 20.0 Å². The van der Waals surface area contributed by atoms with Crippen LogP contribution in [0.1, 0.15) is 13.8 Å². The highest BCUT2D eigenvalue weighted by Gasteiger charge is 2.22. The van der Waals surface area contributed by atoms with E-state index in [1.165, 1.54) is 0 Å². The van der Waals surface area contributed by atoms with Crippen molar-refractivity contribution in [2.24, 2.45) is 0 Å². The van der Waals surface area contributed by atoms with Crippen LogP contribution in [0.25, 0.3) is 10.8 Å². The van der Waals surface area contributed by atoms with E-state index < -0.39 is 8.97 Å². The van der Waals surface area contributed by atoms with E-state index in [1.807, 2.05) is 64.3 Å². The van der Waals surface area contributed by atoms with Crippen LogP contribution < -0.4 is 15.3 Å². The summed E-state index contributed by atoms with van der Waals surface area (Å²) in [5.74, 6) is 0. The van der Waals surface area contributed by atoms with Crippen molar-refractivity contribution in [2.75, 3.05) is 19.0 Å². The monoisotopic (exact) mass is 336 g/mol. The molecule has 0 N–H and O–H groups in total. The molecule has 0 spiro atoms. The smallest absolute Gasteiger partial charge is 0.240 e. The van der Waals surface area contributed by atoms with E-state index in [4.69, 9.17) is 4.43 Å². The Morgan fingerprint density at radius 3 is 2.21 bits per heavy atom. The van der Waals surface area contributed by atoms with Gasteiger partial charge in [-0.15, -0.1) is 0 Å². The molecule has 3 aromatic rings. The van der Waals surface area contributed by atoms with Crippen molar-refractivity contribution < 1.29 is 4.43 Å². The Hall–Kier alpha value is -2.10. The first-order valence-corrected chi connectivity index (χ1v) is 9.77. The third-order valence-corrected chi connectivity index (χ3v) is 6.47. The summed E-state index contributed by atoms with van der Waals surface area (Å²) in [6, 6.07) is 22.5. The Morgan fingerprint density at radius 2 is 1.58 bits per heavy atom. The molecule has 0 saturated heterocycles. The van der Waals surface area contributed by atoms with Gasteiger partial charge in [-0.3, -0.25) is 0 Å². The van der Waals surface area contributed by atoms with Crippen LogP contribution in [0.5, 0.6) is 0 Å². The molecule has 0 aromatic heterocycles. The maximum absolute atomic E-state index is 9.45. The zero-order valence-corrected chi connectivity index (χ0v) is 15.8. The topological polar surface area (TPSA) is 12.5 Å². The van der Waals surface area contributed by atoms with Crippen LogP contribution in [0.2, 0.25) is 0 Å². The summed E-state index contributed by atoms with van der Waals surface area (Å²) < 4.78 is 15.8. The maximum Gasteiger partial charge on any atom is 0.240 e. The number of benzene rings is 3. The maximum atomic E-state index is 9.45. The van der Waals surface area contributed by atoms with Gasteiger partial charge in [-0.05, 0) is 35.7 Å². The van der Waals surface area contributed by atoms with Crippen LogP contribution in [-0.2, 0) is 4.43 Å². The van der Waals surface area contributed by atoms with Gasteiger partial charge in [0, 0.05) is 31.3 Å². The molecule has 3 rings (SSSR count). The predicted octanol–water partition coefficient (Wildman–Crippen LogP) is 3.17. The van der Waals surface area contributed by atoms with Crippen molar-refractivity contribution >= 4 is 35.8 Å². The fraction of sp³-hybridized carbons (Fsp3) is 0.238. The molecule has 0 aliphatic carbocycles. The molecule has 3 aromatic carbocycles. The predicted molar refractivity (Wildman–Crippen MR) is 107 cm³/mol. The lowest BCUT2D eigenvalue weighted by molar-refractivity contribution is 0.253. The molecule has 0 aliphatic heterocycles. The minimum Gasteiger partial charge on any atom is -0.409 e. The summed E-state index contributed by atoms with van der Waals surface area (Å²) >= 11 is 0. The second-order valence-electron chi connectivity index (χ2n) is 6.44. The number of anilines is 1. The van der Waals surface area contributed by atoms with Gasteiger partial charge < -0.3 is 9.33 Å². The molecule has 1 atom stereocenters. The van der Waals surface area contributed by atoms with Crippen LogP contribution in [0.3, 0.4) is 0 Å². The number of hydrogen-bond acceptors (Lipinski definition) is 2. The quantitative estimate of drug-likeness (QED) is 0.664. The Labute approximate surface area is 147 Å². The van der Waals surface area contributed by atoms with Crippen LogP contribution in [-0.4, -0.2) is 30.4 Å². The molecule has 0 radical (unpaired) electrons. The summed E-state index contributed by atoms with van der Waals surface area (Å²) in [5, 5.41) is 4.26. The molecular formula is C21H25NOSi. The minimum atomic E-state index is -3.08. The van der Waals surface area contributed by atoms with Gasteiger partial charge in [0.05, 0.1) is 1.23 Å². The zero-order valence-electron chi connectivity index (χ0n) is 15.8. The Morgan fingerprint density at radius 1 is 0.917 bits per heavy atom. The lowest BCUT2D eigenvalue weighted by Crippen LogP contribution is -2.47. The summed E-state index contributed by atoms with van der Waals surface area (Å²) in [7, 11) is 1.01. The van der Waals surface area contributed by atoms with Crippen molar-refractivity contribution in [1.82, 2.24) is 0 Å². The van der Waals surface area contributed by atoms with Crippen LogP contribution >= 0.6 is 0 Å². The molecule has 0 saturated carbocycles. The molecule has 0 bridgehead atoms. The molecule has 3 heteroatoms. The highest BCUT2D eigenvalue weighted by molar-refractivity contribution is 6.82. The van der Waals surface area contributed by atoms with Gasteiger partial charge in [0.25, 0.3) is 0 Å². The van der Waals surface area contributed by atoms with Gasteiger partial charge in [0.15, 0.2) is 0 Å². The van der Waals surface area contributed by atoms with E-state index in [1.54, 1.807) is 0 Å². The molecular weight excluding hydrogens is 310 g/mol. The Balaban J connectivity index is 2.34. The van der Waals surface area contributed by atoms with E-state index in [0.29, 0.717) is 0 Å². The van der Waals surface area contributed by atoms with Gasteiger partial charge in [0.1, 0.15) is 0 Å². The standard InChI is InChI=1S/C21H25NOSi/c1-16(2)23-24(18-12-6-5-7-13-18)20-15-9-11-17-10-8-14-19(21(17)20)22(3)4/h5-16,24H,1-4H3/t24-/m0/s1/i24D. The average molecular weight is 337 g/mol. The minimum absolute atomic E-state index is 0.00820. The highest BCUT2D eigenvalue weighted by atomic mass is 28.3. The summed E-state index contributed by atoms with van der Waals surface area (Å²) in [6.45, 7) is 4.02. The van der Waals surface area contributed by atoms with E-state index in [-0.39, 0.29) is 6.10 Å². The molecule has 124 valence electrons. The second-order valence-corrected chi connectivity index (χ2v) is 8.45. The molecule has 0 unspecified atom stereocenters. The van der Waals surface area contributed by atoms with Crippen LogP contribution in [0.4, 0.5) is 5.69 Å². The van der Waals surface area contributed by atoms with Gasteiger partial charge >= 0.3 is 0 Å². The fourth-order valence-electron chi connectivity index (χ4n) is 3.00. The Bertz CT molecular complexity index is 861. The largest absolute Gasteiger partial charge is 0.409 e. The number of nitrogens with zero attached hydrogens (tertiary/aromatic N) is 1. The van der Waals surface area contributed by atoms with Gasteiger partial charge in [-0.25, -0.2) is 0 Å². The Kier molecular flexibility index (Phi) is 4.63. The molecule has 0 aliphatic rings. The lowest BCUT2D eigenvalue weighted by atomic mass is 10.1. The second kappa shape index (κ2) is 7.20. The molecule has 0 amide bonds. The van der Waals surface area contributed by atoms with Gasteiger partial charge in [-0.2, -0.15) is 0 Å².